The van der Waals surface area contributed by atoms with E-state index in [-0.39, 0.29) is 0 Å². The molecule has 1 saturated heterocycles. The number of ether oxygens (including phenoxy) is 1. The van der Waals surface area contributed by atoms with Gasteiger partial charge in [-0.1, -0.05) is 0 Å². The molecule has 3 rings (SSSR count). The topological polar surface area (TPSA) is 37.7 Å². The van der Waals surface area contributed by atoms with Crippen LogP contribution in [0, 0.1) is 0 Å². The Bertz CT molecular complexity index is 424. The third-order valence-electron chi connectivity index (χ3n) is 3.28. The molecule has 2 aliphatic rings. The first-order valence-electron chi connectivity index (χ1n) is 6.26. The maximum absolute atomic E-state index is 5.39. The molecule has 3 heterocycles. The molecule has 4 heteroatoms. The molecular formula is C13H17N3O. The van der Waals surface area contributed by atoms with Crippen LogP contribution in [-0.2, 0) is 4.74 Å². The van der Waals surface area contributed by atoms with E-state index in [0.29, 0.717) is 0 Å². The highest BCUT2D eigenvalue weighted by Gasteiger charge is 2.19. The molecule has 1 fully saturated rings. The van der Waals surface area contributed by atoms with Crippen LogP contribution in [0.1, 0.15) is 18.4 Å². The summed E-state index contributed by atoms with van der Waals surface area (Å²) in [6.45, 7) is 4.41. The lowest BCUT2D eigenvalue weighted by molar-refractivity contribution is 0.122. The zero-order chi connectivity index (χ0) is 11.5. The lowest BCUT2D eigenvalue weighted by atomic mass is 10.1. The van der Waals surface area contributed by atoms with Gasteiger partial charge in [-0.15, -0.1) is 0 Å². The van der Waals surface area contributed by atoms with E-state index in [9.17, 15) is 0 Å². The quantitative estimate of drug-likeness (QED) is 0.774. The number of hydrogen-bond acceptors (Lipinski definition) is 4. The highest BCUT2D eigenvalue weighted by atomic mass is 16.5. The van der Waals surface area contributed by atoms with Crippen molar-refractivity contribution in [3.63, 3.8) is 0 Å². The molecule has 17 heavy (non-hydrogen) atoms. The summed E-state index contributed by atoms with van der Waals surface area (Å²) >= 11 is 0. The van der Waals surface area contributed by atoms with Gasteiger partial charge in [-0.05, 0) is 25.0 Å². The Hall–Kier alpha value is -1.42. The van der Waals surface area contributed by atoms with Crippen LogP contribution in [0.2, 0.25) is 0 Å². The van der Waals surface area contributed by atoms with Crippen LogP contribution < -0.4 is 4.90 Å². The van der Waals surface area contributed by atoms with Crippen molar-refractivity contribution in [1.82, 2.24) is 4.98 Å². The van der Waals surface area contributed by atoms with Crippen molar-refractivity contribution in [2.45, 2.75) is 12.8 Å². The Kier molecular flexibility index (Phi) is 3.05. The van der Waals surface area contributed by atoms with Crippen molar-refractivity contribution < 1.29 is 4.74 Å². The molecule has 1 aromatic rings. The zero-order valence-corrected chi connectivity index (χ0v) is 9.93. The minimum atomic E-state index is 0.794. The summed E-state index contributed by atoms with van der Waals surface area (Å²) in [6.07, 6.45) is 4.12. The highest BCUT2D eigenvalue weighted by Crippen LogP contribution is 2.23. The van der Waals surface area contributed by atoms with Gasteiger partial charge in [0, 0.05) is 37.1 Å². The molecule has 0 unspecified atom stereocenters. The van der Waals surface area contributed by atoms with Gasteiger partial charge in [-0.25, -0.2) is 4.98 Å². The van der Waals surface area contributed by atoms with Crippen LogP contribution >= 0.6 is 0 Å². The van der Waals surface area contributed by atoms with Crippen molar-refractivity contribution in [2.75, 3.05) is 37.7 Å². The van der Waals surface area contributed by atoms with E-state index in [1.54, 1.807) is 0 Å². The number of aromatic nitrogens is 1. The minimum Gasteiger partial charge on any atom is -0.378 e. The monoisotopic (exact) mass is 231 g/mol. The first kappa shape index (κ1) is 10.7. The molecule has 0 aliphatic carbocycles. The molecule has 0 saturated carbocycles. The van der Waals surface area contributed by atoms with Crippen molar-refractivity contribution in [3.8, 4) is 0 Å². The number of morpholine rings is 1. The SMILES string of the molecule is c1cnc(N2CCOCC2)c(C2=NCCC2)c1. The normalized spacial score (nSPS) is 20.5. The second-order valence-corrected chi connectivity index (χ2v) is 4.41. The second-order valence-electron chi connectivity index (χ2n) is 4.41. The van der Waals surface area contributed by atoms with Crippen LogP contribution in [-0.4, -0.2) is 43.5 Å². The van der Waals surface area contributed by atoms with E-state index < -0.39 is 0 Å². The number of pyridine rings is 1. The number of hydrogen-bond donors (Lipinski definition) is 0. The van der Waals surface area contributed by atoms with E-state index in [4.69, 9.17) is 4.74 Å². The van der Waals surface area contributed by atoms with Gasteiger partial charge in [-0.2, -0.15) is 0 Å². The van der Waals surface area contributed by atoms with Gasteiger partial charge < -0.3 is 9.64 Å². The standard InChI is InChI=1S/C13H17N3O/c1-3-11(12-4-2-5-14-12)13(15-6-1)16-7-9-17-10-8-16/h1,3,6H,2,4-5,7-10H2. The average molecular weight is 231 g/mol. The number of aliphatic imine (C=N–C) groups is 1. The van der Waals surface area contributed by atoms with E-state index in [2.05, 4.69) is 20.9 Å². The van der Waals surface area contributed by atoms with Gasteiger partial charge in [0.15, 0.2) is 0 Å². The average Bonchev–Trinajstić information content (AvgIpc) is 2.94. The summed E-state index contributed by atoms with van der Waals surface area (Å²) in [6, 6.07) is 4.14. The van der Waals surface area contributed by atoms with E-state index >= 15 is 0 Å². The molecular weight excluding hydrogens is 214 g/mol. The Morgan fingerprint density at radius 2 is 2.12 bits per heavy atom. The molecule has 90 valence electrons. The fraction of sp³-hybridized carbons (Fsp3) is 0.538. The Morgan fingerprint density at radius 3 is 2.88 bits per heavy atom. The van der Waals surface area contributed by atoms with Crippen molar-refractivity contribution >= 4 is 11.5 Å². The van der Waals surface area contributed by atoms with Gasteiger partial charge >= 0.3 is 0 Å². The number of nitrogens with zero attached hydrogens (tertiary/aromatic N) is 3. The van der Waals surface area contributed by atoms with Crippen LogP contribution in [0.4, 0.5) is 5.82 Å². The first-order valence-corrected chi connectivity index (χ1v) is 6.26. The van der Waals surface area contributed by atoms with Gasteiger partial charge in [0.1, 0.15) is 5.82 Å². The lowest BCUT2D eigenvalue weighted by Crippen LogP contribution is -2.37. The maximum Gasteiger partial charge on any atom is 0.137 e. The minimum absolute atomic E-state index is 0.794. The summed E-state index contributed by atoms with van der Waals surface area (Å²) in [5.41, 5.74) is 2.44. The molecule has 0 spiro atoms. The van der Waals surface area contributed by atoms with E-state index in [0.717, 1.165) is 45.1 Å². The fourth-order valence-corrected chi connectivity index (χ4v) is 2.41. The van der Waals surface area contributed by atoms with Crippen LogP contribution in [0.15, 0.2) is 23.3 Å². The Labute approximate surface area is 101 Å². The van der Waals surface area contributed by atoms with E-state index in [1.165, 1.54) is 17.7 Å². The van der Waals surface area contributed by atoms with Gasteiger partial charge in [-0.3, -0.25) is 4.99 Å². The van der Waals surface area contributed by atoms with E-state index in [1.807, 2.05) is 12.3 Å². The van der Waals surface area contributed by atoms with Gasteiger partial charge in [0.05, 0.1) is 13.2 Å². The molecule has 2 aliphatic heterocycles. The fourth-order valence-electron chi connectivity index (χ4n) is 2.41. The smallest absolute Gasteiger partial charge is 0.137 e. The third kappa shape index (κ3) is 2.17. The second kappa shape index (κ2) is 4.84. The molecule has 0 aromatic carbocycles. The van der Waals surface area contributed by atoms with Crippen molar-refractivity contribution in [2.24, 2.45) is 4.99 Å². The number of anilines is 1. The lowest BCUT2D eigenvalue weighted by Gasteiger charge is -2.29. The largest absolute Gasteiger partial charge is 0.378 e. The molecule has 0 N–H and O–H groups in total. The van der Waals surface area contributed by atoms with Gasteiger partial charge in [0.25, 0.3) is 0 Å². The highest BCUT2D eigenvalue weighted by molar-refractivity contribution is 6.05. The first-order chi connectivity index (χ1) is 8.45. The van der Waals surface area contributed by atoms with Gasteiger partial charge in [0.2, 0.25) is 0 Å². The van der Waals surface area contributed by atoms with Crippen molar-refractivity contribution in [1.29, 1.82) is 0 Å². The summed E-state index contributed by atoms with van der Waals surface area (Å²) in [5, 5.41) is 0. The molecule has 0 radical (unpaired) electrons. The summed E-state index contributed by atoms with van der Waals surface area (Å²) in [4.78, 5) is 11.4. The van der Waals surface area contributed by atoms with Crippen LogP contribution in [0.3, 0.4) is 0 Å². The summed E-state index contributed by atoms with van der Waals surface area (Å²) < 4.78 is 5.39. The molecule has 1 aromatic heterocycles. The molecule has 0 atom stereocenters. The number of rotatable bonds is 2. The Balaban J connectivity index is 1.92. The zero-order valence-electron chi connectivity index (χ0n) is 9.93. The van der Waals surface area contributed by atoms with Crippen molar-refractivity contribution in [3.05, 3.63) is 23.9 Å². The van der Waals surface area contributed by atoms with Crippen LogP contribution in [0.25, 0.3) is 0 Å². The third-order valence-corrected chi connectivity index (χ3v) is 3.28. The predicted molar refractivity (Wildman–Crippen MR) is 67.9 cm³/mol. The molecule has 0 bridgehead atoms. The summed E-state index contributed by atoms with van der Waals surface area (Å²) in [7, 11) is 0. The summed E-state index contributed by atoms with van der Waals surface area (Å²) in [5.74, 6) is 1.08. The Morgan fingerprint density at radius 1 is 1.24 bits per heavy atom. The molecule has 4 nitrogen and oxygen atoms in total. The predicted octanol–water partition coefficient (Wildman–Crippen LogP) is 1.50. The maximum atomic E-state index is 5.39. The molecule has 0 amide bonds. The van der Waals surface area contributed by atoms with Crippen LogP contribution in [0.5, 0.6) is 0 Å².